The molecule has 2 rings (SSSR count). The second-order valence-electron chi connectivity index (χ2n) is 2.25. The Balaban J connectivity index is 2.33. The van der Waals surface area contributed by atoms with E-state index in [1.807, 2.05) is 0 Å². The van der Waals surface area contributed by atoms with Crippen molar-refractivity contribution in [2.75, 3.05) is 0 Å². The predicted molar refractivity (Wildman–Crippen MR) is 41.0 cm³/mol. The average Bonchev–Trinajstić information content (AvgIpc) is 2.49. The van der Waals surface area contributed by atoms with Crippen LogP contribution in [0.3, 0.4) is 0 Å². The largest absolute Gasteiger partial charge is 0.364 e. The van der Waals surface area contributed by atoms with Gasteiger partial charge < -0.3 is 5.73 Å². The first kappa shape index (κ1) is 6.77. The Kier molecular flexibility index (Phi) is 1.29. The zero-order valence-corrected chi connectivity index (χ0v) is 5.93. The van der Waals surface area contributed by atoms with Crippen LogP contribution in [0.25, 0.3) is 0 Å². The SMILES string of the molecule is NC(=O)C1=NN=C2N=NN=C2C1. The fourth-order valence-electron chi connectivity index (χ4n) is 0.851. The van der Waals surface area contributed by atoms with E-state index in [0.717, 1.165) is 0 Å². The molecule has 0 aromatic carbocycles. The Morgan fingerprint density at radius 2 is 2.17 bits per heavy atom. The first-order valence-electron chi connectivity index (χ1n) is 3.19. The van der Waals surface area contributed by atoms with E-state index < -0.39 is 5.91 Å². The van der Waals surface area contributed by atoms with Crippen molar-refractivity contribution in [1.82, 2.24) is 0 Å². The molecule has 0 unspecified atom stereocenters. The summed E-state index contributed by atoms with van der Waals surface area (Å²) in [5.74, 6) is -0.229. The maximum atomic E-state index is 10.6. The minimum absolute atomic E-state index is 0.185. The molecule has 0 atom stereocenters. The highest BCUT2D eigenvalue weighted by atomic mass is 16.1. The van der Waals surface area contributed by atoms with Gasteiger partial charge >= 0.3 is 0 Å². The van der Waals surface area contributed by atoms with Gasteiger partial charge in [0.1, 0.15) is 11.4 Å². The number of rotatable bonds is 1. The van der Waals surface area contributed by atoms with Crippen LogP contribution in [-0.4, -0.2) is 23.2 Å². The normalized spacial score (nSPS) is 19.5. The number of hydrogen-bond acceptors (Lipinski definition) is 6. The first-order valence-corrected chi connectivity index (χ1v) is 3.19. The number of nitrogens with zero attached hydrogens (tertiary/aromatic N) is 5. The lowest BCUT2D eigenvalue weighted by Crippen LogP contribution is -2.29. The number of amides is 1. The molecule has 0 spiro atoms. The Bertz CT molecular complexity index is 362. The van der Waals surface area contributed by atoms with Crippen molar-refractivity contribution < 1.29 is 4.79 Å². The molecule has 0 aromatic rings. The minimum Gasteiger partial charge on any atom is -0.364 e. The van der Waals surface area contributed by atoms with E-state index in [-0.39, 0.29) is 12.1 Å². The number of fused-ring (bicyclic) bond motifs is 1. The molecule has 0 radical (unpaired) electrons. The fourth-order valence-corrected chi connectivity index (χ4v) is 0.851. The molecule has 2 aliphatic heterocycles. The monoisotopic (exact) mass is 164 g/mol. The molecule has 0 saturated carbocycles. The third-order valence-corrected chi connectivity index (χ3v) is 1.45. The van der Waals surface area contributed by atoms with Crippen LogP contribution in [0.2, 0.25) is 0 Å². The average molecular weight is 164 g/mol. The van der Waals surface area contributed by atoms with Gasteiger partial charge in [-0.3, -0.25) is 4.79 Å². The van der Waals surface area contributed by atoms with Crippen molar-refractivity contribution in [3.05, 3.63) is 0 Å². The summed E-state index contributed by atoms with van der Waals surface area (Å²) in [6.45, 7) is 0. The van der Waals surface area contributed by atoms with Gasteiger partial charge in [-0.25, -0.2) is 0 Å². The van der Waals surface area contributed by atoms with Crippen LogP contribution in [0.4, 0.5) is 0 Å². The second-order valence-corrected chi connectivity index (χ2v) is 2.25. The van der Waals surface area contributed by atoms with Gasteiger partial charge in [0, 0.05) is 6.42 Å². The van der Waals surface area contributed by atoms with Crippen LogP contribution >= 0.6 is 0 Å². The third kappa shape index (κ3) is 0.911. The Morgan fingerprint density at radius 1 is 1.33 bits per heavy atom. The lowest BCUT2D eigenvalue weighted by molar-refractivity contribution is -0.112. The zero-order valence-electron chi connectivity index (χ0n) is 5.93. The molecule has 60 valence electrons. The van der Waals surface area contributed by atoms with E-state index in [1.54, 1.807) is 0 Å². The molecular formula is C5H4N6O. The highest BCUT2D eigenvalue weighted by Gasteiger charge is 2.23. The summed E-state index contributed by atoms with van der Waals surface area (Å²) < 4.78 is 0. The van der Waals surface area contributed by atoms with Crippen molar-refractivity contribution in [2.45, 2.75) is 6.42 Å². The molecule has 2 heterocycles. The van der Waals surface area contributed by atoms with Crippen LogP contribution in [0.1, 0.15) is 6.42 Å². The van der Waals surface area contributed by atoms with Crippen molar-refractivity contribution in [2.24, 2.45) is 31.4 Å². The van der Waals surface area contributed by atoms with Gasteiger partial charge in [0.15, 0.2) is 0 Å². The molecule has 12 heavy (non-hydrogen) atoms. The van der Waals surface area contributed by atoms with E-state index >= 15 is 0 Å². The second kappa shape index (κ2) is 2.29. The quantitative estimate of drug-likeness (QED) is 0.551. The van der Waals surface area contributed by atoms with Crippen LogP contribution in [0.5, 0.6) is 0 Å². The maximum absolute atomic E-state index is 10.6. The minimum atomic E-state index is -0.590. The summed E-state index contributed by atoms with van der Waals surface area (Å²) in [6, 6.07) is 0. The molecule has 2 aliphatic rings. The zero-order chi connectivity index (χ0) is 8.55. The van der Waals surface area contributed by atoms with Gasteiger partial charge in [-0.2, -0.15) is 0 Å². The molecule has 0 aromatic heterocycles. The molecule has 2 N–H and O–H groups in total. The third-order valence-electron chi connectivity index (χ3n) is 1.45. The van der Waals surface area contributed by atoms with Crippen molar-refractivity contribution in [3.8, 4) is 0 Å². The number of primary amides is 1. The summed E-state index contributed by atoms with van der Waals surface area (Å²) in [6.07, 6.45) is 0.265. The van der Waals surface area contributed by atoms with Gasteiger partial charge in [0.2, 0.25) is 5.84 Å². The maximum Gasteiger partial charge on any atom is 0.265 e. The molecule has 0 fully saturated rings. The van der Waals surface area contributed by atoms with Crippen molar-refractivity contribution in [1.29, 1.82) is 0 Å². The van der Waals surface area contributed by atoms with Crippen molar-refractivity contribution >= 4 is 23.2 Å². The standard InChI is InChI=1S/C5H4N6O/c6-4(12)2-1-3-5(9-7-2)10-11-8-3/h1H2,(H2,6,12). The summed E-state index contributed by atoms with van der Waals surface area (Å²) in [4.78, 5) is 10.6. The molecule has 0 saturated heterocycles. The molecule has 1 amide bonds. The smallest absolute Gasteiger partial charge is 0.265 e. The summed E-state index contributed by atoms with van der Waals surface area (Å²) in [5, 5.41) is 17.8. The fraction of sp³-hybridized carbons (Fsp3) is 0.200. The number of hydrogen-bond donors (Lipinski definition) is 1. The topological polar surface area (TPSA) is 105 Å². The van der Waals surface area contributed by atoms with E-state index in [0.29, 0.717) is 11.5 Å². The van der Waals surface area contributed by atoms with Crippen LogP contribution in [-0.2, 0) is 4.79 Å². The number of carbonyl (C=O) groups is 1. The Labute approximate surface area is 66.8 Å². The molecule has 7 nitrogen and oxygen atoms in total. The highest BCUT2D eigenvalue weighted by molar-refractivity contribution is 6.53. The Hall–Kier alpha value is -1.92. The van der Waals surface area contributed by atoms with E-state index in [4.69, 9.17) is 5.73 Å². The molecule has 0 aliphatic carbocycles. The van der Waals surface area contributed by atoms with Crippen LogP contribution in [0, 0.1) is 0 Å². The van der Waals surface area contributed by atoms with E-state index in [2.05, 4.69) is 25.6 Å². The van der Waals surface area contributed by atoms with Crippen LogP contribution < -0.4 is 5.73 Å². The number of amidine groups is 1. The van der Waals surface area contributed by atoms with Gasteiger partial charge in [-0.05, 0) is 5.22 Å². The number of nitrogens with two attached hydrogens (primary N) is 1. The summed E-state index contributed by atoms with van der Waals surface area (Å²) >= 11 is 0. The molecule has 0 bridgehead atoms. The van der Waals surface area contributed by atoms with Gasteiger partial charge in [-0.15, -0.1) is 20.4 Å². The molecular weight excluding hydrogens is 160 g/mol. The van der Waals surface area contributed by atoms with Gasteiger partial charge in [0.05, 0.1) is 0 Å². The van der Waals surface area contributed by atoms with E-state index in [1.165, 1.54) is 0 Å². The predicted octanol–water partition coefficient (Wildman–Crippen LogP) is -0.548. The molecule has 7 heteroatoms. The summed E-state index contributed by atoms with van der Waals surface area (Å²) in [5.41, 5.74) is 5.72. The lowest BCUT2D eigenvalue weighted by Gasteiger charge is -2.03. The summed E-state index contributed by atoms with van der Waals surface area (Å²) in [7, 11) is 0. The van der Waals surface area contributed by atoms with E-state index in [9.17, 15) is 4.79 Å². The van der Waals surface area contributed by atoms with Crippen LogP contribution in [0.15, 0.2) is 25.6 Å². The number of carbonyl (C=O) groups excluding carboxylic acids is 1. The lowest BCUT2D eigenvalue weighted by atomic mass is 10.1. The Morgan fingerprint density at radius 3 is 2.92 bits per heavy atom. The highest BCUT2D eigenvalue weighted by Crippen LogP contribution is 2.09. The van der Waals surface area contributed by atoms with Gasteiger partial charge in [0.25, 0.3) is 5.91 Å². The van der Waals surface area contributed by atoms with Gasteiger partial charge in [-0.1, -0.05) is 0 Å². The first-order chi connectivity index (χ1) is 5.77. The van der Waals surface area contributed by atoms with Crippen molar-refractivity contribution in [3.63, 3.8) is 0 Å².